The first kappa shape index (κ1) is 24.2. The molecule has 0 bridgehead atoms. The molecule has 1 amide bonds. The number of unbranched alkanes of at least 4 members (excludes halogenated alkanes) is 1. The Balaban J connectivity index is 1.96. The molecule has 0 heterocycles. The zero-order chi connectivity index (χ0) is 21.2. The van der Waals surface area contributed by atoms with Crippen molar-refractivity contribution in [3.63, 3.8) is 0 Å². The highest BCUT2D eigenvalue weighted by Crippen LogP contribution is 2.34. The van der Waals surface area contributed by atoms with Crippen LogP contribution in [0.3, 0.4) is 0 Å². The van der Waals surface area contributed by atoms with E-state index in [2.05, 4.69) is 54.2 Å². The van der Waals surface area contributed by atoms with Crippen LogP contribution in [0.15, 0.2) is 18.2 Å². The van der Waals surface area contributed by atoms with Crippen molar-refractivity contribution in [2.45, 2.75) is 90.3 Å². The van der Waals surface area contributed by atoms with Crippen molar-refractivity contribution in [3.8, 4) is 5.75 Å². The van der Waals surface area contributed by atoms with Crippen LogP contribution in [0.1, 0.15) is 84.6 Å². The van der Waals surface area contributed by atoms with Gasteiger partial charge in [-0.25, -0.2) is 0 Å². The number of halogens is 1. The molecule has 0 saturated heterocycles. The van der Waals surface area contributed by atoms with Crippen molar-refractivity contribution in [2.75, 3.05) is 11.9 Å². The number of carbonyl (C=O) groups excluding carboxylic acids is 1. The summed E-state index contributed by atoms with van der Waals surface area (Å²) in [5.74, 6) is 2.58. The monoisotopic (exact) mass is 465 g/mol. The molecule has 1 unspecified atom stereocenters. The molecular weight excluding hydrogens is 426 g/mol. The first-order valence-electron chi connectivity index (χ1n) is 11.6. The molecule has 1 atom stereocenters. The third kappa shape index (κ3) is 8.32. The Morgan fingerprint density at radius 2 is 1.93 bits per heavy atom. The summed E-state index contributed by atoms with van der Waals surface area (Å²) in [7, 11) is 0. The molecule has 0 radical (unpaired) electrons. The molecule has 1 saturated carbocycles. The second kappa shape index (κ2) is 12.6. The van der Waals surface area contributed by atoms with Crippen LogP contribution >= 0.6 is 15.9 Å². The fourth-order valence-electron chi connectivity index (χ4n) is 4.36. The summed E-state index contributed by atoms with van der Waals surface area (Å²) in [5.41, 5.74) is 2.05. The first-order valence-corrected chi connectivity index (χ1v) is 12.5. The van der Waals surface area contributed by atoms with E-state index in [1.807, 2.05) is 13.0 Å². The molecule has 1 aromatic carbocycles. The summed E-state index contributed by atoms with van der Waals surface area (Å²) in [4.78, 5) is 13.3. The van der Waals surface area contributed by atoms with E-state index in [9.17, 15) is 4.79 Å². The van der Waals surface area contributed by atoms with Gasteiger partial charge in [-0.2, -0.15) is 0 Å². The minimum Gasteiger partial charge on any atom is -0.492 e. The topological polar surface area (TPSA) is 38.3 Å². The first-order chi connectivity index (χ1) is 13.9. The maximum atomic E-state index is 12.9. The van der Waals surface area contributed by atoms with Crippen LogP contribution in [0.5, 0.6) is 5.75 Å². The molecule has 1 N–H and O–H groups in total. The van der Waals surface area contributed by atoms with Crippen LogP contribution in [0, 0.1) is 17.8 Å². The zero-order valence-corrected chi connectivity index (χ0v) is 20.4. The minimum absolute atomic E-state index is 0.139. The van der Waals surface area contributed by atoms with Crippen LogP contribution in [0.4, 0.5) is 5.69 Å². The number of amides is 1. The number of ether oxygens (including phenoxy) is 1. The predicted molar refractivity (Wildman–Crippen MR) is 127 cm³/mol. The number of benzene rings is 1. The smallest absolute Gasteiger partial charge is 0.227 e. The third-order valence-electron chi connectivity index (χ3n) is 5.97. The van der Waals surface area contributed by atoms with Gasteiger partial charge in [-0.05, 0) is 75.0 Å². The van der Waals surface area contributed by atoms with E-state index >= 15 is 0 Å². The summed E-state index contributed by atoms with van der Waals surface area (Å²) in [6.07, 6.45) is 10.4. The summed E-state index contributed by atoms with van der Waals surface area (Å²) in [5, 5.41) is 3.16. The molecule has 1 fully saturated rings. The number of alkyl halides is 1. The molecule has 3 nitrogen and oxygen atoms in total. The van der Waals surface area contributed by atoms with Crippen molar-refractivity contribution in [1.29, 1.82) is 0 Å². The van der Waals surface area contributed by atoms with Crippen LogP contribution in [-0.2, 0) is 11.2 Å². The largest absolute Gasteiger partial charge is 0.492 e. The Labute approximate surface area is 186 Å². The van der Waals surface area contributed by atoms with Crippen LogP contribution in [0.25, 0.3) is 0 Å². The van der Waals surface area contributed by atoms with Gasteiger partial charge in [0, 0.05) is 10.7 Å². The van der Waals surface area contributed by atoms with Crippen molar-refractivity contribution >= 4 is 27.5 Å². The number of nitrogens with one attached hydrogen (secondary N) is 1. The quantitative estimate of drug-likeness (QED) is 0.346. The van der Waals surface area contributed by atoms with E-state index in [4.69, 9.17) is 4.74 Å². The number of hydrogen-bond acceptors (Lipinski definition) is 2. The van der Waals surface area contributed by atoms with E-state index in [-0.39, 0.29) is 11.8 Å². The molecule has 2 rings (SSSR count). The number of rotatable bonds is 11. The average Bonchev–Trinajstić information content (AvgIpc) is 2.68. The SMILES string of the molecule is CCCCC1CCC(C(=O)Nc2ccc(CC(Br)CC(C)C)cc2OCC)CC1. The molecule has 0 spiro atoms. The lowest BCUT2D eigenvalue weighted by molar-refractivity contribution is -0.121. The van der Waals surface area contributed by atoms with Gasteiger partial charge >= 0.3 is 0 Å². The number of carbonyl (C=O) groups is 1. The van der Waals surface area contributed by atoms with E-state index in [1.165, 1.54) is 37.7 Å². The molecule has 29 heavy (non-hydrogen) atoms. The molecule has 0 aromatic heterocycles. The Kier molecular flexibility index (Phi) is 10.5. The highest BCUT2D eigenvalue weighted by Gasteiger charge is 2.26. The highest BCUT2D eigenvalue weighted by molar-refractivity contribution is 9.09. The van der Waals surface area contributed by atoms with Gasteiger partial charge in [-0.1, -0.05) is 62.0 Å². The lowest BCUT2D eigenvalue weighted by Gasteiger charge is -2.28. The maximum absolute atomic E-state index is 12.9. The van der Waals surface area contributed by atoms with Crippen molar-refractivity contribution in [3.05, 3.63) is 23.8 Å². The van der Waals surface area contributed by atoms with E-state index in [1.54, 1.807) is 0 Å². The molecule has 1 aliphatic carbocycles. The number of hydrogen-bond donors (Lipinski definition) is 1. The fourth-order valence-corrected chi connectivity index (χ4v) is 5.48. The lowest BCUT2D eigenvalue weighted by atomic mass is 9.79. The van der Waals surface area contributed by atoms with E-state index in [0.717, 1.165) is 43.0 Å². The standard InChI is InChI=1S/C25H40BrNO2/c1-5-7-8-19-9-12-21(13-10-19)25(28)27-23-14-11-20(17-24(23)29-6-2)16-22(26)15-18(3)4/h11,14,17-19,21-22H,5-10,12-13,15-16H2,1-4H3,(H,27,28). The molecule has 164 valence electrons. The van der Waals surface area contributed by atoms with Crippen LogP contribution in [-0.4, -0.2) is 17.3 Å². The summed E-state index contributed by atoms with van der Waals surface area (Å²) < 4.78 is 5.86. The van der Waals surface area contributed by atoms with Crippen LogP contribution < -0.4 is 10.1 Å². The van der Waals surface area contributed by atoms with Gasteiger partial charge in [0.05, 0.1) is 12.3 Å². The molecular formula is C25H40BrNO2. The van der Waals surface area contributed by atoms with E-state index < -0.39 is 0 Å². The van der Waals surface area contributed by atoms with E-state index in [0.29, 0.717) is 17.4 Å². The summed E-state index contributed by atoms with van der Waals surface area (Å²) >= 11 is 3.80. The number of anilines is 1. The Morgan fingerprint density at radius 1 is 1.21 bits per heavy atom. The Morgan fingerprint density at radius 3 is 2.55 bits per heavy atom. The Hall–Kier alpha value is -1.03. The second-order valence-corrected chi connectivity index (χ2v) is 10.3. The normalized spacial score (nSPS) is 20.5. The maximum Gasteiger partial charge on any atom is 0.227 e. The van der Waals surface area contributed by atoms with Gasteiger partial charge in [0.1, 0.15) is 5.75 Å². The zero-order valence-electron chi connectivity index (χ0n) is 18.8. The Bertz CT molecular complexity index is 623. The molecule has 1 aliphatic rings. The summed E-state index contributed by atoms with van der Waals surface area (Å²) in [6, 6.07) is 6.23. The summed E-state index contributed by atoms with van der Waals surface area (Å²) in [6.45, 7) is 9.33. The minimum atomic E-state index is 0.139. The van der Waals surface area contributed by atoms with Gasteiger partial charge in [-0.3, -0.25) is 4.79 Å². The molecule has 1 aromatic rings. The van der Waals surface area contributed by atoms with Gasteiger partial charge in [0.15, 0.2) is 0 Å². The van der Waals surface area contributed by atoms with Gasteiger partial charge < -0.3 is 10.1 Å². The third-order valence-corrected chi connectivity index (χ3v) is 6.67. The average molecular weight is 467 g/mol. The van der Waals surface area contributed by atoms with Crippen molar-refractivity contribution in [2.24, 2.45) is 17.8 Å². The van der Waals surface area contributed by atoms with Crippen molar-refractivity contribution < 1.29 is 9.53 Å². The molecule has 4 heteroatoms. The fraction of sp³-hybridized carbons (Fsp3) is 0.720. The van der Waals surface area contributed by atoms with Gasteiger partial charge in [0.2, 0.25) is 5.91 Å². The van der Waals surface area contributed by atoms with Crippen molar-refractivity contribution in [1.82, 2.24) is 0 Å². The highest BCUT2D eigenvalue weighted by atomic mass is 79.9. The second-order valence-electron chi connectivity index (χ2n) is 9.04. The molecule has 0 aliphatic heterocycles. The lowest BCUT2D eigenvalue weighted by Crippen LogP contribution is -2.27. The van der Waals surface area contributed by atoms with Gasteiger partial charge in [-0.15, -0.1) is 0 Å². The van der Waals surface area contributed by atoms with Crippen LogP contribution in [0.2, 0.25) is 0 Å². The predicted octanol–water partition coefficient (Wildman–Crippen LogP) is 7.37. The van der Waals surface area contributed by atoms with Gasteiger partial charge in [0.25, 0.3) is 0 Å².